The predicted octanol–water partition coefficient (Wildman–Crippen LogP) is 1.75. The molecule has 21 heavy (non-hydrogen) atoms. The van der Waals surface area contributed by atoms with Crippen LogP contribution in [0.3, 0.4) is 0 Å². The molecular formula is C16H20N2O2S. The second kappa shape index (κ2) is 6.52. The summed E-state index contributed by atoms with van der Waals surface area (Å²) in [6.07, 6.45) is 3.03. The van der Waals surface area contributed by atoms with Gasteiger partial charge < -0.3 is 9.80 Å². The topological polar surface area (TPSA) is 40.6 Å². The summed E-state index contributed by atoms with van der Waals surface area (Å²) in [7, 11) is 0. The standard InChI is InChI=1S/C16H20N2O2S/c19-15(10-17-12-21-11-16(17)20)18-8-4-7-14(18)9-13-5-2-1-3-6-13/h1-3,5-6,14H,4,7-12H2. The summed E-state index contributed by atoms with van der Waals surface area (Å²) in [5.74, 6) is 1.36. The van der Waals surface area contributed by atoms with E-state index >= 15 is 0 Å². The van der Waals surface area contributed by atoms with Crippen LogP contribution in [0.2, 0.25) is 0 Å². The average molecular weight is 304 g/mol. The number of carbonyl (C=O) groups excluding carboxylic acids is 2. The van der Waals surface area contributed by atoms with E-state index in [1.54, 1.807) is 16.7 Å². The zero-order chi connectivity index (χ0) is 14.7. The SMILES string of the molecule is O=C1CSCN1CC(=O)N1CCCC1Cc1ccccc1. The lowest BCUT2D eigenvalue weighted by Crippen LogP contribution is -2.43. The van der Waals surface area contributed by atoms with Gasteiger partial charge in [0.05, 0.1) is 11.6 Å². The number of carbonyl (C=O) groups is 2. The molecule has 3 rings (SSSR count). The molecular weight excluding hydrogens is 284 g/mol. The molecule has 0 bridgehead atoms. The number of hydrogen-bond donors (Lipinski definition) is 0. The number of nitrogens with zero attached hydrogens (tertiary/aromatic N) is 2. The van der Waals surface area contributed by atoms with Crippen molar-refractivity contribution in [3.63, 3.8) is 0 Å². The summed E-state index contributed by atoms with van der Waals surface area (Å²) in [6, 6.07) is 10.6. The fourth-order valence-corrected chi connectivity index (χ4v) is 3.96. The first kappa shape index (κ1) is 14.4. The third-order valence-corrected chi connectivity index (χ3v) is 5.11. The Morgan fingerprint density at radius 2 is 2.10 bits per heavy atom. The second-order valence-electron chi connectivity index (χ2n) is 5.64. The molecule has 1 unspecified atom stereocenters. The molecule has 2 heterocycles. The molecule has 0 saturated carbocycles. The lowest BCUT2D eigenvalue weighted by atomic mass is 10.0. The van der Waals surface area contributed by atoms with E-state index in [-0.39, 0.29) is 24.4 Å². The summed E-state index contributed by atoms with van der Waals surface area (Å²) in [4.78, 5) is 27.7. The van der Waals surface area contributed by atoms with Crippen LogP contribution in [-0.4, -0.2) is 52.4 Å². The van der Waals surface area contributed by atoms with Crippen molar-refractivity contribution in [1.29, 1.82) is 0 Å². The second-order valence-corrected chi connectivity index (χ2v) is 6.60. The van der Waals surface area contributed by atoms with Crippen LogP contribution in [0.5, 0.6) is 0 Å². The van der Waals surface area contributed by atoms with Gasteiger partial charge in [0.1, 0.15) is 6.54 Å². The van der Waals surface area contributed by atoms with Gasteiger partial charge in [0.25, 0.3) is 0 Å². The molecule has 0 spiro atoms. The highest BCUT2D eigenvalue weighted by Crippen LogP contribution is 2.22. The summed E-state index contributed by atoms with van der Waals surface area (Å²) < 4.78 is 0. The highest BCUT2D eigenvalue weighted by atomic mass is 32.2. The molecule has 1 atom stereocenters. The largest absolute Gasteiger partial charge is 0.338 e. The van der Waals surface area contributed by atoms with Crippen LogP contribution >= 0.6 is 11.8 Å². The Balaban J connectivity index is 1.60. The first-order valence-corrected chi connectivity index (χ1v) is 8.58. The van der Waals surface area contributed by atoms with Crippen LogP contribution in [-0.2, 0) is 16.0 Å². The van der Waals surface area contributed by atoms with Gasteiger partial charge in [-0.2, -0.15) is 0 Å². The third-order valence-electron chi connectivity index (χ3n) is 4.16. The van der Waals surface area contributed by atoms with E-state index in [0.717, 1.165) is 25.8 Å². The first-order chi connectivity index (χ1) is 10.2. The number of hydrogen-bond acceptors (Lipinski definition) is 3. The minimum absolute atomic E-state index is 0.0900. The molecule has 2 aliphatic heterocycles. The van der Waals surface area contributed by atoms with Crippen molar-refractivity contribution in [3.8, 4) is 0 Å². The zero-order valence-corrected chi connectivity index (χ0v) is 12.8. The summed E-state index contributed by atoms with van der Waals surface area (Å²) >= 11 is 1.58. The normalized spacial score (nSPS) is 22.1. The molecule has 2 fully saturated rings. The average Bonchev–Trinajstić information content (AvgIpc) is 3.10. The molecule has 1 aromatic carbocycles. The van der Waals surface area contributed by atoms with Crippen LogP contribution in [0.15, 0.2) is 30.3 Å². The minimum atomic E-state index is 0.0900. The van der Waals surface area contributed by atoms with Gasteiger partial charge in [0.2, 0.25) is 11.8 Å². The summed E-state index contributed by atoms with van der Waals surface area (Å²) in [5, 5.41) is 0. The van der Waals surface area contributed by atoms with Crippen molar-refractivity contribution in [1.82, 2.24) is 9.80 Å². The minimum Gasteiger partial charge on any atom is -0.338 e. The Labute approximate surface area is 129 Å². The zero-order valence-electron chi connectivity index (χ0n) is 12.0. The van der Waals surface area contributed by atoms with Gasteiger partial charge in [0.15, 0.2) is 0 Å². The van der Waals surface area contributed by atoms with Gasteiger partial charge in [-0.15, -0.1) is 11.8 Å². The molecule has 1 aromatic rings. The lowest BCUT2D eigenvalue weighted by Gasteiger charge is -2.27. The predicted molar refractivity (Wildman–Crippen MR) is 83.9 cm³/mol. The highest BCUT2D eigenvalue weighted by Gasteiger charge is 2.31. The number of thioether (sulfide) groups is 1. The molecule has 2 saturated heterocycles. The molecule has 0 aromatic heterocycles. The smallest absolute Gasteiger partial charge is 0.242 e. The van der Waals surface area contributed by atoms with Crippen molar-refractivity contribution in [2.75, 3.05) is 24.7 Å². The van der Waals surface area contributed by atoms with E-state index in [2.05, 4.69) is 12.1 Å². The van der Waals surface area contributed by atoms with Crippen molar-refractivity contribution < 1.29 is 9.59 Å². The Bertz CT molecular complexity index is 520. The third kappa shape index (κ3) is 3.40. The van der Waals surface area contributed by atoms with Crippen molar-refractivity contribution in [2.24, 2.45) is 0 Å². The van der Waals surface area contributed by atoms with E-state index in [1.165, 1.54) is 5.56 Å². The highest BCUT2D eigenvalue weighted by molar-refractivity contribution is 8.00. The van der Waals surface area contributed by atoms with Crippen LogP contribution < -0.4 is 0 Å². The van der Waals surface area contributed by atoms with Gasteiger partial charge in [-0.25, -0.2) is 0 Å². The fourth-order valence-electron chi connectivity index (χ4n) is 3.06. The Hall–Kier alpha value is -1.49. The molecule has 4 nitrogen and oxygen atoms in total. The van der Waals surface area contributed by atoms with E-state index in [1.807, 2.05) is 23.1 Å². The van der Waals surface area contributed by atoms with Gasteiger partial charge in [0, 0.05) is 12.6 Å². The maximum absolute atomic E-state index is 12.5. The van der Waals surface area contributed by atoms with Gasteiger partial charge in [-0.1, -0.05) is 30.3 Å². The maximum Gasteiger partial charge on any atom is 0.242 e. The maximum atomic E-state index is 12.5. The molecule has 0 aliphatic carbocycles. The number of rotatable bonds is 4. The van der Waals surface area contributed by atoms with E-state index < -0.39 is 0 Å². The first-order valence-electron chi connectivity index (χ1n) is 7.43. The molecule has 0 N–H and O–H groups in total. The van der Waals surface area contributed by atoms with E-state index in [9.17, 15) is 9.59 Å². The van der Waals surface area contributed by atoms with Crippen LogP contribution in [0, 0.1) is 0 Å². The number of benzene rings is 1. The van der Waals surface area contributed by atoms with Gasteiger partial charge in [-0.3, -0.25) is 9.59 Å². The Kier molecular flexibility index (Phi) is 4.48. The van der Waals surface area contributed by atoms with Crippen LogP contribution in [0.1, 0.15) is 18.4 Å². The monoisotopic (exact) mass is 304 g/mol. The number of likely N-dealkylation sites (tertiary alicyclic amines) is 1. The molecule has 2 aliphatic rings. The van der Waals surface area contributed by atoms with Gasteiger partial charge >= 0.3 is 0 Å². The van der Waals surface area contributed by atoms with Crippen molar-refractivity contribution in [3.05, 3.63) is 35.9 Å². The summed E-state index contributed by atoms with van der Waals surface area (Å²) in [5.41, 5.74) is 1.27. The number of amides is 2. The Morgan fingerprint density at radius 1 is 1.29 bits per heavy atom. The lowest BCUT2D eigenvalue weighted by molar-refractivity contribution is -0.138. The van der Waals surface area contributed by atoms with E-state index in [0.29, 0.717) is 11.6 Å². The van der Waals surface area contributed by atoms with Gasteiger partial charge in [-0.05, 0) is 24.8 Å². The van der Waals surface area contributed by atoms with Crippen molar-refractivity contribution >= 4 is 23.6 Å². The molecule has 2 amide bonds. The van der Waals surface area contributed by atoms with Crippen LogP contribution in [0.4, 0.5) is 0 Å². The molecule has 5 heteroatoms. The quantitative estimate of drug-likeness (QED) is 0.851. The van der Waals surface area contributed by atoms with E-state index in [4.69, 9.17) is 0 Å². The molecule has 112 valence electrons. The Morgan fingerprint density at radius 3 is 2.81 bits per heavy atom. The van der Waals surface area contributed by atoms with Crippen molar-refractivity contribution in [2.45, 2.75) is 25.3 Å². The van der Waals surface area contributed by atoms with Crippen LogP contribution in [0.25, 0.3) is 0 Å². The molecule has 0 radical (unpaired) electrons. The summed E-state index contributed by atoms with van der Waals surface area (Å²) in [6.45, 7) is 1.07. The fraction of sp³-hybridized carbons (Fsp3) is 0.500.